The SMILES string of the molecule is CCOC([CH2][Hg][C](=O)OC)C[Si](OCC)(OCC)OCC. The summed E-state index contributed by atoms with van der Waals surface area (Å²) in [5, 5.41) is 0. The first kappa shape index (κ1) is 21.5. The van der Waals surface area contributed by atoms with Crippen LogP contribution in [0.1, 0.15) is 27.7 Å². The molecule has 0 heterocycles. The van der Waals surface area contributed by atoms with Gasteiger partial charge in [0.2, 0.25) is 0 Å². The summed E-state index contributed by atoms with van der Waals surface area (Å²) < 4.78 is 28.9. The summed E-state index contributed by atoms with van der Waals surface area (Å²) in [5.41, 5.74) is 0. The molecular weight excluding hydrogens is 481 g/mol. The second kappa shape index (κ2) is 13.0. The zero-order chi connectivity index (χ0) is 16.1. The molecule has 0 amide bonds. The van der Waals surface area contributed by atoms with Gasteiger partial charge in [0, 0.05) is 0 Å². The van der Waals surface area contributed by atoms with Crippen molar-refractivity contribution in [3.05, 3.63) is 0 Å². The van der Waals surface area contributed by atoms with Crippen molar-refractivity contribution in [2.45, 2.75) is 43.8 Å². The van der Waals surface area contributed by atoms with Crippen molar-refractivity contribution >= 4 is 12.3 Å². The fraction of sp³-hybridized carbons (Fsp3) is 0.923. The molecule has 0 fully saturated rings. The molecule has 0 saturated heterocycles. The molecule has 122 valence electrons. The third-order valence-corrected chi connectivity index (χ3v) is 12.3. The van der Waals surface area contributed by atoms with Crippen LogP contribution in [0.3, 0.4) is 0 Å². The Kier molecular flexibility index (Phi) is 13.2. The second-order valence-electron chi connectivity index (χ2n) is 4.38. The number of methoxy groups -OCH3 is 1. The Morgan fingerprint density at radius 1 is 1.00 bits per heavy atom. The van der Waals surface area contributed by atoms with Gasteiger partial charge in [-0.15, -0.1) is 0 Å². The molecule has 0 aliphatic heterocycles. The van der Waals surface area contributed by atoms with Crippen molar-refractivity contribution in [2.75, 3.05) is 33.5 Å². The quantitative estimate of drug-likeness (QED) is 0.356. The van der Waals surface area contributed by atoms with E-state index >= 15 is 0 Å². The number of hydrogen-bond donors (Lipinski definition) is 0. The fourth-order valence-electron chi connectivity index (χ4n) is 2.10. The molecular formula is C13H28HgO6Si. The van der Waals surface area contributed by atoms with Crippen LogP contribution in [0.15, 0.2) is 0 Å². The molecule has 0 N–H and O–H groups in total. The van der Waals surface area contributed by atoms with Crippen molar-refractivity contribution in [1.29, 1.82) is 0 Å². The van der Waals surface area contributed by atoms with E-state index in [1.807, 2.05) is 27.7 Å². The predicted molar refractivity (Wildman–Crippen MR) is 78.1 cm³/mol. The Morgan fingerprint density at radius 3 is 1.90 bits per heavy atom. The molecule has 0 aromatic heterocycles. The van der Waals surface area contributed by atoms with Crippen LogP contribution in [0.2, 0.25) is 9.97 Å². The normalized spacial score (nSPS) is 12.8. The van der Waals surface area contributed by atoms with Crippen LogP contribution in [0.4, 0.5) is 4.79 Å². The molecule has 0 aliphatic carbocycles. The second-order valence-corrected chi connectivity index (χ2v) is 13.5. The molecule has 21 heavy (non-hydrogen) atoms. The maximum absolute atomic E-state index is 11.4. The molecule has 0 aliphatic rings. The molecule has 0 bridgehead atoms. The summed E-state index contributed by atoms with van der Waals surface area (Å²) in [7, 11) is -1.28. The third-order valence-electron chi connectivity index (χ3n) is 2.87. The molecule has 6 nitrogen and oxygen atoms in total. The Labute approximate surface area is 141 Å². The van der Waals surface area contributed by atoms with Crippen LogP contribution in [0, 0.1) is 0 Å². The fourth-order valence-corrected chi connectivity index (χ4v) is 10.9. The van der Waals surface area contributed by atoms with Gasteiger partial charge in [-0.05, 0) is 0 Å². The molecule has 1 atom stereocenters. The van der Waals surface area contributed by atoms with Gasteiger partial charge < -0.3 is 0 Å². The number of hydrogen-bond acceptors (Lipinski definition) is 6. The van der Waals surface area contributed by atoms with Crippen molar-refractivity contribution in [3.63, 3.8) is 0 Å². The van der Waals surface area contributed by atoms with E-state index < -0.39 is 33.4 Å². The molecule has 0 aromatic carbocycles. The summed E-state index contributed by atoms with van der Waals surface area (Å²) >= 11 is -1.75. The van der Waals surface area contributed by atoms with Crippen molar-refractivity contribution in [2.24, 2.45) is 0 Å². The summed E-state index contributed by atoms with van der Waals surface area (Å²) in [5.74, 6) is 0. The van der Waals surface area contributed by atoms with Crippen LogP contribution in [0.25, 0.3) is 0 Å². The number of ether oxygens (including phenoxy) is 2. The average molecular weight is 509 g/mol. The summed E-state index contributed by atoms with van der Waals surface area (Å²) in [4.78, 5) is 11.4. The van der Waals surface area contributed by atoms with Gasteiger partial charge in [-0.25, -0.2) is 0 Å². The van der Waals surface area contributed by atoms with Crippen LogP contribution >= 0.6 is 0 Å². The molecule has 0 spiro atoms. The van der Waals surface area contributed by atoms with Crippen LogP contribution in [-0.2, 0) is 47.3 Å². The summed E-state index contributed by atoms with van der Waals surface area (Å²) in [6.45, 7) is 10.0. The van der Waals surface area contributed by atoms with Gasteiger partial charge >= 0.3 is 142 Å². The Morgan fingerprint density at radius 2 is 1.52 bits per heavy atom. The minimum absolute atomic E-state index is 0.0174. The van der Waals surface area contributed by atoms with Crippen molar-refractivity contribution < 1.29 is 52.1 Å². The minimum atomic E-state index is -2.72. The van der Waals surface area contributed by atoms with Gasteiger partial charge in [0.15, 0.2) is 0 Å². The van der Waals surface area contributed by atoms with Crippen molar-refractivity contribution in [3.8, 4) is 0 Å². The van der Waals surface area contributed by atoms with Gasteiger partial charge in [-0.1, -0.05) is 0 Å². The Bertz CT molecular complexity index is 262. The molecule has 0 radical (unpaired) electrons. The monoisotopic (exact) mass is 510 g/mol. The first-order valence-corrected chi connectivity index (χ1v) is 16.2. The van der Waals surface area contributed by atoms with Gasteiger partial charge in [0.1, 0.15) is 0 Å². The van der Waals surface area contributed by atoms with E-state index in [1.54, 1.807) is 0 Å². The van der Waals surface area contributed by atoms with E-state index in [0.29, 0.717) is 32.5 Å². The van der Waals surface area contributed by atoms with Gasteiger partial charge in [-0.3, -0.25) is 0 Å². The van der Waals surface area contributed by atoms with Crippen LogP contribution in [0.5, 0.6) is 0 Å². The van der Waals surface area contributed by atoms with E-state index in [2.05, 4.69) is 0 Å². The van der Waals surface area contributed by atoms with E-state index in [9.17, 15) is 4.79 Å². The third kappa shape index (κ3) is 9.25. The zero-order valence-corrected chi connectivity index (χ0v) is 20.5. The summed E-state index contributed by atoms with van der Waals surface area (Å²) in [6.07, 6.45) is -0.0351. The standard InChI is InChI=1S/C11H25O4Si.C2H3O2.Hg/c1-6-12-11(5)10-16(13-7-2,14-8-3)15-9-4;1-4-2-3;/h11H,5-10H2,1-4H3;1H3;. The number of carbonyl (C=O) groups excluding carboxylic acids is 1. The first-order chi connectivity index (χ1) is 10.1. The van der Waals surface area contributed by atoms with E-state index in [0.717, 1.165) is 3.93 Å². The molecule has 0 aromatic rings. The number of carbonyl (C=O) groups is 1. The Hall–Kier alpha value is 0.462. The number of rotatable bonds is 13. The van der Waals surface area contributed by atoms with Gasteiger partial charge in [-0.2, -0.15) is 0 Å². The topological polar surface area (TPSA) is 63.2 Å². The van der Waals surface area contributed by atoms with E-state index in [4.69, 9.17) is 22.8 Å². The summed E-state index contributed by atoms with van der Waals surface area (Å²) in [6, 6.07) is 0.605. The van der Waals surface area contributed by atoms with Crippen LogP contribution in [-0.4, -0.2) is 51.9 Å². The molecule has 8 heteroatoms. The maximum atomic E-state index is 11.4. The predicted octanol–water partition coefficient (Wildman–Crippen LogP) is 2.71. The van der Waals surface area contributed by atoms with Gasteiger partial charge in [0.25, 0.3) is 0 Å². The van der Waals surface area contributed by atoms with Crippen molar-refractivity contribution in [1.82, 2.24) is 0 Å². The molecule has 0 rings (SSSR count). The zero-order valence-electron chi connectivity index (χ0n) is 14.0. The average Bonchev–Trinajstić information content (AvgIpc) is 2.45. The van der Waals surface area contributed by atoms with Crippen LogP contribution < -0.4 is 0 Å². The first-order valence-electron chi connectivity index (χ1n) is 7.67. The molecule has 1 unspecified atom stereocenters. The molecule has 0 saturated carbocycles. The Balaban J connectivity index is 4.78. The van der Waals surface area contributed by atoms with E-state index in [1.165, 1.54) is 7.11 Å². The van der Waals surface area contributed by atoms with E-state index in [-0.39, 0.29) is 9.58 Å². The van der Waals surface area contributed by atoms with Gasteiger partial charge in [0.05, 0.1) is 0 Å².